The molecule has 1 saturated heterocycles. The van der Waals surface area contributed by atoms with E-state index in [0.29, 0.717) is 12.5 Å². The Morgan fingerprint density at radius 1 is 1.12 bits per heavy atom. The van der Waals surface area contributed by atoms with Gasteiger partial charge in [0.1, 0.15) is 11.6 Å². The van der Waals surface area contributed by atoms with Gasteiger partial charge in [-0.15, -0.1) is 10.2 Å². The zero-order chi connectivity index (χ0) is 22.3. The average Bonchev–Trinajstić information content (AvgIpc) is 3.29. The van der Waals surface area contributed by atoms with Crippen LogP contribution in [0.1, 0.15) is 29.1 Å². The third-order valence-electron chi connectivity index (χ3n) is 5.51. The van der Waals surface area contributed by atoms with Crippen molar-refractivity contribution in [2.24, 2.45) is 5.92 Å². The van der Waals surface area contributed by atoms with Crippen molar-refractivity contribution in [3.63, 3.8) is 0 Å². The van der Waals surface area contributed by atoms with Crippen LogP contribution in [-0.4, -0.2) is 47.2 Å². The molecule has 8 heteroatoms. The Kier molecular flexibility index (Phi) is 7.01. The van der Waals surface area contributed by atoms with Gasteiger partial charge in [-0.2, -0.15) is 0 Å². The Bertz CT molecular complexity index is 1080. The zero-order valence-electron chi connectivity index (χ0n) is 17.5. The van der Waals surface area contributed by atoms with Gasteiger partial charge >= 0.3 is 11.8 Å². The molecule has 0 saturated carbocycles. The number of benzene rings is 2. The predicted octanol–water partition coefficient (Wildman–Crippen LogP) is 4.17. The van der Waals surface area contributed by atoms with Gasteiger partial charge in [-0.1, -0.05) is 42.5 Å². The maximum Gasteiger partial charge on any atom is 0.308 e. The maximum atomic E-state index is 13.9. The number of nitrogens with zero attached hydrogens (tertiary/aromatic N) is 3. The van der Waals surface area contributed by atoms with Gasteiger partial charge in [0.25, 0.3) is 5.89 Å². The molecule has 166 valence electrons. The van der Waals surface area contributed by atoms with Crippen LogP contribution in [0.25, 0.3) is 17.5 Å². The van der Waals surface area contributed by atoms with Crippen molar-refractivity contribution in [1.29, 1.82) is 0 Å². The fourth-order valence-electron chi connectivity index (χ4n) is 3.67. The van der Waals surface area contributed by atoms with E-state index in [4.69, 9.17) is 4.42 Å². The quantitative estimate of drug-likeness (QED) is 0.600. The lowest BCUT2D eigenvalue weighted by molar-refractivity contribution is 0.0903. The van der Waals surface area contributed by atoms with E-state index in [1.807, 2.05) is 18.2 Å². The zero-order valence-corrected chi connectivity index (χ0v) is 17.5. The fourth-order valence-corrected chi connectivity index (χ4v) is 3.67. The first-order valence-electron chi connectivity index (χ1n) is 10.6. The lowest BCUT2D eigenvalue weighted by Gasteiger charge is -2.31. The van der Waals surface area contributed by atoms with E-state index < -0.39 is 17.5 Å². The van der Waals surface area contributed by atoms with E-state index in [1.54, 1.807) is 0 Å². The number of amides is 1. The topological polar surface area (TPSA) is 71.3 Å². The van der Waals surface area contributed by atoms with Crippen molar-refractivity contribution >= 4 is 12.0 Å². The normalized spacial score (nSPS) is 15.3. The van der Waals surface area contributed by atoms with Crippen LogP contribution in [0, 0.1) is 17.6 Å². The highest BCUT2D eigenvalue weighted by Crippen LogP contribution is 2.22. The number of aromatic nitrogens is 2. The molecule has 1 N–H and O–H groups in total. The van der Waals surface area contributed by atoms with Crippen LogP contribution in [0.15, 0.2) is 59.0 Å². The monoisotopic (exact) mass is 438 g/mol. The highest BCUT2D eigenvalue weighted by atomic mass is 19.1. The summed E-state index contributed by atoms with van der Waals surface area (Å²) in [7, 11) is 0. The van der Waals surface area contributed by atoms with E-state index in [-0.39, 0.29) is 17.3 Å². The van der Waals surface area contributed by atoms with Gasteiger partial charge in [-0.3, -0.25) is 9.69 Å². The molecule has 1 aliphatic heterocycles. The molecule has 2 heterocycles. The summed E-state index contributed by atoms with van der Waals surface area (Å²) in [5.41, 5.74) is 1.14. The number of piperidine rings is 1. The minimum Gasteiger partial charge on any atom is -0.412 e. The highest BCUT2D eigenvalue weighted by molar-refractivity contribution is 5.89. The van der Waals surface area contributed by atoms with Crippen molar-refractivity contribution in [2.75, 3.05) is 26.2 Å². The van der Waals surface area contributed by atoms with Crippen LogP contribution < -0.4 is 5.32 Å². The van der Waals surface area contributed by atoms with E-state index in [0.717, 1.165) is 44.6 Å². The van der Waals surface area contributed by atoms with Crippen molar-refractivity contribution in [3.05, 3.63) is 77.7 Å². The standard InChI is InChI=1S/C24H24F2N4O2/c25-19-8-9-20(21(26)15-19)23-28-29-24(32-23)22(31)27-16-18-10-13-30(14-11-18)12-4-7-17-5-2-1-3-6-17/h1-9,15,18H,10-14,16H2,(H,27,31)/b7-4+. The average molecular weight is 438 g/mol. The molecule has 32 heavy (non-hydrogen) atoms. The summed E-state index contributed by atoms with van der Waals surface area (Å²) in [5.74, 6) is -2.07. The first kappa shape index (κ1) is 21.8. The molecule has 0 radical (unpaired) electrons. The molecule has 0 bridgehead atoms. The molecule has 3 aromatic rings. The van der Waals surface area contributed by atoms with Crippen molar-refractivity contribution in [1.82, 2.24) is 20.4 Å². The minimum atomic E-state index is -0.828. The predicted molar refractivity (Wildman–Crippen MR) is 117 cm³/mol. The molecule has 2 aromatic carbocycles. The summed E-state index contributed by atoms with van der Waals surface area (Å²) in [6.07, 6.45) is 6.27. The van der Waals surface area contributed by atoms with Gasteiger partial charge in [0.2, 0.25) is 0 Å². The van der Waals surface area contributed by atoms with Crippen LogP contribution in [0.4, 0.5) is 8.78 Å². The van der Waals surface area contributed by atoms with Gasteiger partial charge in [-0.25, -0.2) is 8.78 Å². The highest BCUT2D eigenvalue weighted by Gasteiger charge is 2.22. The molecule has 0 atom stereocenters. The molecular weight excluding hydrogens is 414 g/mol. The fraction of sp³-hybridized carbons (Fsp3) is 0.292. The first-order valence-corrected chi connectivity index (χ1v) is 10.6. The second kappa shape index (κ2) is 10.3. The molecule has 0 aliphatic carbocycles. The maximum absolute atomic E-state index is 13.9. The van der Waals surface area contributed by atoms with E-state index in [9.17, 15) is 13.6 Å². The third-order valence-corrected chi connectivity index (χ3v) is 5.51. The molecule has 4 rings (SSSR count). The van der Waals surface area contributed by atoms with Gasteiger partial charge < -0.3 is 9.73 Å². The number of hydrogen-bond donors (Lipinski definition) is 1. The van der Waals surface area contributed by atoms with Crippen molar-refractivity contribution in [2.45, 2.75) is 12.8 Å². The molecule has 0 spiro atoms. The largest absolute Gasteiger partial charge is 0.412 e. The van der Waals surface area contributed by atoms with Crippen molar-refractivity contribution in [3.8, 4) is 11.5 Å². The molecule has 6 nitrogen and oxygen atoms in total. The Balaban J connectivity index is 1.22. The van der Waals surface area contributed by atoms with Crippen LogP contribution in [0.5, 0.6) is 0 Å². The van der Waals surface area contributed by atoms with E-state index in [1.165, 1.54) is 11.6 Å². The Labute approximate surface area is 185 Å². The summed E-state index contributed by atoms with van der Waals surface area (Å²) in [6.45, 7) is 3.34. The lowest BCUT2D eigenvalue weighted by Crippen LogP contribution is -2.38. The lowest BCUT2D eigenvalue weighted by atomic mass is 9.97. The summed E-state index contributed by atoms with van der Waals surface area (Å²) >= 11 is 0. The van der Waals surface area contributed by atoms with Gasteiger partial charge in [0.15, 0.2) is 0 Å². The Morgan fingerprint density at radius 2 is 1.91 bits per heavy atom. The van der Waals surface area contributed by atoms with Crippen LogP contribution in [0.3, 0.4) is 0 Å². The number of hydrogen-bond acceptors (Lipinski definition) is 5. The summed E-state index contributed by atoms with van der Waals surface area (Å²) in [4.78, 5) is 14.7. The molecular formula is C24H24F2N4O2. The number of carbonyl (C=O) groups excluding carboxylic acids is 1. The van der Waals surface area contributed by atoms with E-state index in [2.05, 4.69) is 44.7 Å². The number of halogens is 2. The number of nitrogens with one attached hydrogen (secondary N) is 1. The molecule has 1 amide bonds. The van der Waals surface area contributed by atoms with Gasteiger partial charge in [0, 0.05) is 19.2 Å². The number of rotatable bonds is 7. The summed E-state index contributed by atoms with van der Waals surface area (Å²) in [5, 5.41) is 10.2. The smallest absolute Gasteiger partial charge is 0.308 e. The number of likely N-dealkylation sites (tertiary alicyclic amines) is 1. The van der Waals surface area contributed by atoms with Gasteiger partial charge in [-0.05, 0) is 49.5 Å². The Morgan fingerprint density at radius 3 is 2.66 bits per heavy atom. The minimum absolute atomic E-state index is 0.0494. The van der Waals surface area contributed by atoms with Crippen LogP contribution in [0.2, 0.25) is 0 Å². The van der Waals surface area contributed by atoms with Crippen LogP contribution in [-0.2, 0) is 0 Å². The molecule has 1 aromatic heterocycles. The third kappa shape index (κ3) is 5.64. The second-order valence-corrected chi connectivity index (χ2v) is 7.80. The first-order chi connectivity index (χ1) is 15.6. The van der Waals surface area contributed by atoms with E-state index >= 15 is 0 Å². The van der Waals surface area contributed by atoms with Crippen LogP contribution >= 0.6 is 0 Å². The second-order valence-electron chi connectivity index (χ2n) is 7.80. The Hall–Kier alpha value is -3.39. The summed E-state index contributed by atoms with van der Waals surface area (Å²) < 4.78 is 32.2. The molecule has 0 unspecified atom stereocenters. The molecule has 1 aliphatic rings. The van der Waals surface area contributed by atoms with Gasteiger partial charge in [0.05, 0.1) is 5.56 Å². The van der Waals surface area contributed by atoms with Crippen molar-refractivity contribution < 1.29 is 18.0 Å². The SMILES string of the molecule is O=C(NCC1CCN(C/C=C/c2ccccc2)CC1)c1nnc(-c2ccc(F)cc2F)o1. The number of carbonyl (C=O) groups is 1. The summed E-state index contributed by atoms with van der Waals surface area (Å²) in [6, 6.07) is 13.2. The molecule has 1 fully saturated rings.